The molecule has 2 aromatic rings. The molecule has 2 atom stereocenters. The highest BCUT2D eigenvalue weighted by Crippen LogP contribution is 2.19. The van der Waals surface area contributed by atoms with E-state index in [1.54, 1.807) is 14.0 Å². The van der Waals surface area contributed by atoms with Crippen LogP contribution in [0.4, 0.5) is 0 Å². The number of carbonyl (C=O) groups excluding carboxylic acids is 1. The molecule has 5 nitrogen and oxygen atoms in total. The van der Waals surface area contributed by atoms with Crippen molar-refractivity contribution in [1.82, 2.24) is 0 Å². The van der Waals surface area contributed by atoms with Gasteiger partial charge in [-0.2, -0.15) is 0 Å². The minimum Gasteiger partial charge on any atom is -0.497 e. The van der Waals surface area contributed by atoms with Crippen molar-refractivity contribution in [2.75, 3.05) is 13.7 Å². The quantitative estimate of drug-likeness (QED) is 0.256. The Labute approximate surface area is 192 Å². The molecule has 0 radical (unpaired) electrons. The molecule has 0 spiro atoms. The summed E-state index contributed by atoms with van der Waals surface area (Å²) >= 11 is 0. The van der Waals surface area contributed by atoms with Gasteiger partial charge in [-0.3, -0.25) is 0 Å². The van der Waals surface area contributed by atoms with E-state index in [0.717, 1.165) is 36.1 Å². The Morgan fingerprint density at radius 3 is 2.19 bits per heavy atom. The van der Waals surface area contributed by atoms with Gasteiger partial charge in [0.1, 0.15) is 5.75 Å². The second-order valence-corrected chi connectivity index (χ2v) is 7.61. The zero-order valence-corrected chi connectivity index (χ0v) is 19.5. The van der Waals surface area contributed by atoms with Crippen molar-refractivity contribution in [1.29, 1.82) is 0 Å². The van der Waals surface area contributed by atoms with Crippen LogP contribution in [0.25, 0.3) is 0 Å². The van der Waals surface area contributed by atoms with Gasteiger partial charge in [0.25, 0.3) is 0 Å². The number of methoxy groups -OCH3 is 1. The van der Waals surface area contributed by atoms with Crippen molar-refractivity contribution < 1.29 is 23.7 Å². The zero-order chi connectivity index (χ0) is 23.0. The molecule has 0 fully saturated rings. The van der Waals surface area contributed by atoms with Gasteiger partial charge in [0, 0.05) is 12.5 Å². The standard InChI is InChI=1S/C27H36O5/c1-4-10-25(31-20-22-11-7-6-8-12-22)19-26(13-9-14-27(28)30-5-2)32-21-23-15-17-24(29-3)18-16-23/h6-9,11-12,14-18,25-26H,4-5,10,13,19-21H2,1-3H3/b14-9+/t25-,26-/m0/s1. The topological polar surface area (TPSA) is 54.0 Å². The van der Waals surface area contributed by atoms with E-state index in [2.05, 4.69) is 19.1 Å². The average Bonchev–Trinajstić information content (AvgIpc) is 2.82. The molecule has 174 valence electrons. The van der Waals surface area contributed by atoms with Crippen LogP contribution in [-0.2, 0) is 32.2 Å². The monoisotopic (exact) mass is 440 g/mol. The molecule has 2 aromatic carbocycles. The van der Waals surface area contributed by atoms with Crippen molar-refractivity contribution >= 4 is 5.97 Å². The molecule has 5 heteroatoms. The van der Waals surface area contributed by atoms with E-state index in [-0.39, 0.29) is 18.2 Å². The van der Waals surface area contributed by atoms with Crippen LogP contribution in [0.1, 0.15) is 50.7 Å². The predicted molar refractivity (Wildman–Crippen MR) is 127 cm³/mol. The van der Waals surface area contributed by atoms with Crippen LogP contribution in [0.3, 0.4) is 0 Å². The van der Waals surface area contributed by atoms with E-state index in [4.69, 9.17) is 18.9 Å². The van der Waals surface area contributed by atoms with Crippen LogP contribution in [0.5, 0.6) is 5.75 Å². The summed E-state index contributed by atoms with van der Waals surface area (Å²) in [5, 5.41) is 0. The Morgan fingerprint density at radius 1 is 0.906 bits per heavy atom. The van der Waals surface area contributed by atoms with E-state index >= 15 is 0 Å². The fourth-order valence-electron chi connectivity index (χ4n) is 3.35. The van der Waals surface area contributed by atoms with Crippen LogP contribution in [0, 0.1) is 0 Å². The highest BCUT2D eigenvalue weighted by molar-refractivity contribution is 5.81. The molecule has 0 unspecified atom stereocenters. The van der Waals surface area contributed by atoms with Gasteiger partial charge in [0.05, 0.1) is 39.1 Å². The van der Waals surface area contributed by atoms with Gasteiger partial charge >= 0.3 is 5.97 Å². The van der Waals surface area contributed by atoms with Gasteiger partial charge in [0.15, 0.2) is 0 Å². The lowest BCUT2D eigenvalue weighted by molar-refractivity contribution is -0.137. The van der Waals surface area contributed by atoms with Crippen LogP contribution in [0.15, 0.2) is 66.7 Å². The van der Waals surface area contributed by atoms with Gasteiger partial charge in [-0.05, 0) is 43.0 Å². The van der Waals surface area contributed by atoms with Crippen LogP contribution < -0.4 is 4.74 Å². The molecule has 0 N–H and O–H groups in total. The summed E-state index contributed by atoms with van der Waals surface area (Å²) < 4.78 is 22.7. The summed E-state index contributed by atoms with van der Waals surface area (Å²) in [5.41, 5.74) is 2.23. The Hall–Kier alpha value is -2.63. The average molecular weight is 441 g/mol. The molecular formula is C27H36O5. The zero-order valence-electron chi connectivity index (χ0n) is 19.5. The van der Waals surface area contributed by atoms with Crippen LogP contribution in [-0.4, -0.2) is 31.9 Å². The van der Waals surface area contributed by atoms with Gasteiger partial charge in [-0.1, -0.05) is 61.9 Å². The van der Waals surface area contributed by atoms with Gasteiger partial charge in [-0.25, -0.2) is 4.79 Å². The Bertz CT molecular complexity index is 785. The first-order valence-electron chi connectivity index (χ1n) is 11.4. The van der Waals surface area contributed by atoms with Crippen molar-refractivity contribution in [2.24, 2.45) is 0 Å². The smallest absolute Gasteiger partial charge is 0.330 e. The number of hydrogen-bond donors (Lipinski definition) is 0. The maximum atomic E-state index is 11.7. The molecule has 0 aliphatic rings. The van der Waals surface area contributed by atoms with Gasteiger partial charge in [0.2, 0.25) is 0 Å². The number of esters is 1. The minimum atomic E-state index is -0.327. The number of carbonyl (C=O) groups is 1. The molecule has 0 aliphatic carbocycles. The summed E-state index contributed by atoms with van der Waals surface area (Å²) in [6, 6.07) is 18.0. The van der Waals surface area contributed by atoms with E-state index in [0.29, 0.717) is 26.2 Å². The molecular weight excluding hydrogens is 404 g/mol. The first-order valence-corrected chi connectivity index (χ1v) is 11.4. The summed E-state index contributed by atoms with van der Waals surface area (Å²) in [5.74, 6) is 0.492. The fourth-order valence-corrected chi connectivity index (χ4v) is 3.35. The van der Waals surface area contributed by atoms with Crippen molar-refractivity contribution in [3.8, 4) is 5.75 Å². The molecule has 0 saturated heterocycles. The third kappa shape index (κ3) is 10.1. The maximum absolute atomic E-state index is 11.7. The molecule has 0 aromatic heterocycles. The lowest BCUT2D eigenvalue weighted by Gasteiger charge is -2.24. The number of rotatable bonds is 15. The summed E-state index contributed by atoms with van der Waals surface area (Å²) in [4.78, 5) is 11.7. The second kappa shape index (κ2) is 15.2. The number of benzene rings is 2. The van der Waals surface area contributed by atoms with E-state index in [1.165, 1.54) is 6.08 Å². The minimum absolute atomic E-state index is 0.0740. The van der Waals surface area contributed by atoms with Gasteiger partial charge < -0.3 is 18.9 Å². The summed E-state index contributed by atoms with van der Waals surface area (Å²) in [7, 11) is 1.65. The van der Waals surface area contributed by atoms with Gasteiger partial charge in [-0.15, -0.1) is 0 Å². The Morgan fingerprint density at radius 2 is 1.56 bits per heavy atom. The SMILES string of the molecule is CCC[C@@H](C[C@H](C/C=C/C(=O)OCC)OCc1ccc(OC)cc1)OCc1ccccc1. The first kappa shape index (κ1) is 25.6. The molecule has 0 amide bonds. The molecule has 32 heavy (non-hydrogen) atoms. The Balaban J connectivity index is 1.99. The second-order valence-electron chi connectivity index (χ2n) is 7.61. The first-order chi connectivity index (χ1) is 15.6. The lowest BCUT2D eigenvalue weighted by atomic mass is 10.0. The van der Waals surface area contributed by atoms with E-state index in [9.17, 15) is 4.79 Å². The summed E-state index contributed by atoms with van der Waals surface area (Å²) in [6.07, 6.45) is 6.67. The van der Waals surface area contributed by atoms with Crippen molar-refractivity contribution in [3.63, 3.8) is 0 Å². The molecule has 0 bridgehead atoms. The third-order valence-corrected chi connectivity index (χ3v) is 5.05. The number of ether oxygens (including phenoxy) is 4. The lowest BCUT2D eigenvalue weighted by Crippen LogP contribution is -2.23. The fraction of sp³-hybridized carbons (Fsp3) is 0.444. The summed E-state index contributed by atoms with van der Waals surface area (Å²) in [6.45, 7) is 5.39. The molecule has 2 rings (SSSR count). The third-order valence-electron chi connectivity index (χ3n) is 5.05. The van der Waals surface area contributed by atoms with E-state index in [1.807, 2.05) is 48.5 Å². The largest absolute Gasteiger partial charge is 0.497 e. The van der Waals surface area contributed by atoms with Crippen LogP contribution in [0.2, 0.25) is 0 Å². The highest BCUT2D eigenvalue weighted by Gasteiger charge is 2.17. The molecule has 0 aliphatic heterocycles. The van der Waals surface area contributed by atoms with E-state index < -0.39 is 0 Å². The van der Waals surface area contributed by atoms with Crippen molar-refractivity contribution in [3.05, 3.63) is 77.9 Å². The van der Waals surface area contributed by atoms with Crippen LogP contribution >= 0.6 is 0 Å². The highest BCUT2D eigenvalue weighted by atomic mass is 16.5. The number of hydrogen-bond acceptors (Lipinski definition) is 5. The Kier molecular flexibility index (Phi) is 12.2. The molecule has 0 saturated carbocycles. The normalized spacial score (nSPS) is 13.1. The maximum Gasteiger partial charge on any atom is 0.330 e. The molecule has 0 heterocycles. The predicted octanol–water partition coefficient (Wildman–Crippen LogP) is 5.87. The van der Waals surface area contributed by atoms with Crippen molar-refractivity contribution in [2.45, 2.75) is 65.0 Å².